The molecule has 0 heterocycles. The summed E-state index contributed by atoms with van der Waals surface area (Å²) in [6.07, 6.45) is 3.59. The number of ether oxygens (including phenoxy) is 2. The van der Waals surface area contributed by atoms with Gasteiger partial charge in [0.2, 0.25) is 0 Å². The molecule has 0 aliphatic heterocycles. The Balaban J connectivity index is 1.39. The minimum atomic E-state index is -0.0293. The first-order valence-electron chi connectivity index (χ1n) is 11.7. The van der Waals surface area contributed by atoms with Gasteiger partial charge in [-0.1, -0.05) is 85.5 Å². The molecule has 0 amide bonds. The molecule has 0 aliphatic rings. The third-order valence-corrected chi connectivity index (χ3v) is 5.63. The minimum absolute atomic E-state index is 0.0293. The van der Waals surface area contributed by atoms with E-state index in [-0.39, 0.29) is 5.78 Å². The molecular weight excluding hydrogens is 444 g/mol. The average Bonchev–Trinajstić information content (AvgIpc) is 2.92. The van der Waals surface area contributed by atoms with E-state index in [4.69, 9.17) is 9.47 Å². The van der Waals surface area contributed by atoms with Gasteiger partial charge in [-0.05, 0) is 78.6 Å². The zero-order valence-corrected chi connectivity index (χ0v) is 20.5. The van der Waals surface area contributed by atoms with E-state index in [2.05, 4.69) is 6.58 Å². The van der Waals surface area contributed by atoms with E-state index in [1.165, 1.54) is 0 Å². The SMILES string of the molecule is C=C(c1ccc(Oc2ccccc2)cc1)c1ccc(C(=O)/C(C)=C/C=C(\C)Oc2ccccc2)cc1. The van der Waals surface area contributed by atoms with Crippen LogP contribution in [0.25, 0.3) is 5.57 Å². The van der Waals surface area contributed by atoms with Crippen LogP contribution in [0.15, 0.2) is 139 Å². The first-order chi connectivity index (χ1) is 17.5. The van der Waals surface area contributed by atoms with Crippen LogP contribution in [0, 0.1) is 0 Å². The van der Waals surface area contributed by atoms with Gasteiger partial charge in [-0.2, -0.15) is 0 Å². The molecule has 4 rings (SSSR count). The van der Waals surface area contributed by atoms with Gasteiger partial charge in [0.1, 0.15) is 23.0 Å². The standard InChI is InChI=1S/C33H28O3/c1-24(14-15-25(2)35-30-10-6-4-7-11-30)33(34)29-18-16-27(17-19-29)26(3)28-20-22-32(23-21-28)36-31-12-8-5-9-13-31/h4-23H,3H2,1-2H3/b24-14+,25-15+. The van der Waals surface area contributed by atoms with Crippen molar-refractivity contribution in [3.8, 4) is 17.2 Å². The van der Waals surface area contributed by atoms with Gasteiger partial charge < -0.3 is 9.47 Å². The number of hydrogen-bond donors (Lipinski definition) is 0. The number of allylic oxidation sites excluding steroid dienone is 4. The lowest BCUT2D eigenvalue weighted by molar-refractivity contribution is 0.103. The van der Waals surface area contributed by atoms with Crippen LogP contribution in [0.2, 0.25) is 0 Å². The summed E-state index contributed by atoms with van der Waals surface area (Å²) in [6.45, 7) is 7.91. The second kappa shape index (κ2) is 11.7. The monoisotopic (exact) mass is 472 g/mol. The summed E-state index contributed by atoms with van der Waals surface area (Å²) < 4.78 is 11.6. The first kappa shape index (κ1) is 24.5. The van der Waals surface area contributed by atoms with Gasteiger partial charge in [-0.15, -0.1) is 0 Å². The van der Waals surface area contributed by atoms with Crippen molar-refractivity contribution in [1.29, 1.82) is 0 Å². The lowest BCUT2D eigenvalue weighted by Crippen LogP contribution is -2.01. The third-order valence-electron chi connectivity index (χ3n) is 5.63. The van der Waals surface area contributed by atoms with Crippen LogP contribution >= 0.6 is 0 Å². The molecule has 36 heavy (non-hydrogen) atoms. The lowest BCUT2D eigenvalue weighted by atomic mass is 9.96. The van der Waals surface area contributed by atoms with Crippen molar-refractivity contribution < 1.29 is 14.3 Å². The maximum Gasteiger partial charge on any atom is 0.188 e. The normalized spacial score (nSPS) is 11.6. The Labute approximate surface area is 212 Å². The van der Waals surface area contributed by atoms with E-state index in [1.54, 1.807) is 13.0 Å². The molecule has 0 aromatic heterocycles. The van der Waals surface area contributed by atoms with Crippen molar-refractivity contribution in [3.05, 3.63) is 156 Å². The number of benzene rings is 4. The van der Waals surface area contributed by atoms with Crippen LogP contribution < -0.4 is 9.47 Å². The van der Waals surface area contributed by atoms with Crippen LogP contribution in [0.4, 0.5) is 0 Å². The molecule has 3 heteroatoms. The predicted molar refractivity (Wildman–Crippen MR) is 146 cm³/mol. The molecule has 0 aliphatic carbocycles. The second-order valence-corrected chi connectivity index (χ2v) is 8.37. The number of para-hydroxylation sites is 2. The van der Waals surface area contributed by atoms with Crippen molar-refractivity contribution in [2.45, 2.75) is 13.8 Å². The van der Waals surface area contributed by atoms with Crippen molar-refractivity contribution in [2.24, 2.45) is 0 Å². The Morgan fingerprint density at radius 1 is 0.611 bits per heavy atom. The third kappa shape index (κ3) is 6.49. The minimum Gasteiger partial charge on any atom is -0.462 e. The summed E-state index contributed by atoms with van der Waals surface area (Å²) in [5.74, 6) is 3.00. The Morgan fingerprint density at radius 2 is 1.08 bits per heavy atom. The lowest BCUT2D eigenvalue weighted by Gasteiger charge is -2.10. The van der Waals surface area contributed by atoms with Gasteiger partial charge in [-0.25, -0.2) is 0 Å². The molecule has 4 aromatic rings. The summed E-state index contributed by atoms with van der Waals surface area (Å²) in [7, 11) is 0. The molecule has 0 fully saturated rings. The maximum absolute atomic E-state index is 12.9. The Morgan fingerprint density at radius 3 is 1.67 bits per heavy atom. The van der Waals surface area contributed by atoms with Gasteiger partial charge in [0.05, 0.1) is 0 Å². The molecule has 0 unspecified atom stereocenters. The molecule has 0 saturated heterocycles. The van der Waals surface area contributed by atoms with Crippen LogP contribution in [0.1, 0.15) is 35.3 Å². The van der Waals surface area contributed by atoms with Crippen molar-refractivity contribution >= 4 is 11.4 Å². The molecule has 0 bridgehead atoms. The van der Waals surface area contributed by atoms with E-state index >= 15 is 0 Å². The van der Waals surface area contributed by atoms with E-state index < -0.39 is 0 Å². The molecule has 178 valence electrons. The molecular formula is C33H28O3. The van der Waals surface area contributed by atoms with E-state index in [9.17, 15) is 4.79 Å². The number of carbonyl (C=O) groups is 1. The average molecular weight is 473 g/mol. The van der Waals surface area contributed by atoms with Gasteiger partial charge in [0.15, 0.2) is 5.78 Å². The second-order valence-electron chi connectivity index (χ2n) is 8.37. The van der Waals surface area contributed by atoms with Crippen LogP contribution in [-0.4, -0.2) is 5.78 Å². The Kier molecular flexibility index (Phi) is 7.94. The number of carbonyl (C=O) groups excluding carboxylic acids is 1. The number of hydrogen-bond acceptors (Lipinski definition) is 3. The van der Waals surface area contributed by atoms with Crippen LogP contribution in [0.5, 0.6) is 17.2 Å². The highest BCUT2D eigenvalue weighted by molar-refractivity contribution is 6.08. The molecule has 0 spiro atoms. The highest BCUT2D eigenvalue weighted by atomic mass is 16.5. The highest BCUT2D eigenvalue weighted by Crippen LogP contribution is 2.27. The van der Waals surface area contributed by atoms with Crippen molar-refractivity contribution in [3.63, 3.8) is 0 Å². The van der Waals surface area contributed by atoms with Crippen molar-refractivity contribution in [1.82, 2.24) is 0 Å². The van der Waals surface area contributed by atoms with Crippen molar-refractivity contribution in [2.75, 3.05) is 0 Å². The molecule has 0 saturated carbocycles. The number of Topliss-reactive ketones (excluding diaryl/α,β-unsaturated/α-hetero) is 1. The fourth-order valence-electron chi connectivity index (χ4n) is 3.59. The first-order valence-corrected chi connectivity index (χ1v) is 11.7. The molecule has 4 aromatic carbocycles. The smallest absolute Gasteiger partial charge is 0.188 e. The number of ketones is 1. The summed E-state index contributed by atoms with van der Waals surface area (Å²) in [5, 5.41) is 0. The quantitative estimate of drug-likeness (QED) is 0.106. The summed E-state index contributed by atoms with van der Waals surface area (Å²) >= 11 is 0. The fourth-order valence-corrected chi connectivity index (χ4v) is 3.59. The van der Waals surface area contributed by atoms with Gasteiger partial charge in [0.25, 0.3) is 0 Å². The van der Waals surface area contributed by atoms with Gasteiger partial charge >= 0.3 is 0 Å². The highest BCUT2D eigenvalue weighted by Gasteiger charge is 2.09. The molecule has 0 radical (unpaired) electrons. The largest absolute Gasteiger partial charge is 0.462 e. The summed E-state index contributed by atoms with van der Waals surface area (Å²) in [6, 6.07) is 34.6. The topological polar surface area (TPSA) is 35.5 Å². The summed E-state index contributed by atoms with van der Waals surface area (Å²) in [5.41, 5.74) is 4.08. The molecule has 0 atom stereocenters. The van der Waals surface area contributed by atoms with Gasteiger partial charge in [-0.3, -0.25) is 4.79 Å². The van der Waals surface area contributed by atoms with Crippen LogP contribution in [-0.2, 0) is 0 Å². The molecule has 0 N–H and O–H groups in total. The zero-order valence-electron chi connectivity index (χ0n) is 20.5. The Bertz CT molecular complexity index is 1380. The maximum atomic E-state index is 12.9. The van der Waals surface area contributed by atoms with E-state index in [0.717, 1.165) is 33.9 Å². The zero-order chi connectivity index (χ0) is 25.3. The molecule has 3 nitrogen and oxygen atoms in total. The number of rotatable bonds is 9. The fraction of sp³-hybridized carbons (Fsp3) is 0.0606. The van der Waals surface area contributed by atoms with E-state index in [1.807, 2.05) is 122 Å². The van der Waals surface area contributed by atoms with Gasteiger partial charge in [0, 0.05) is 5.56 Å². The van der Waals surface area contributed by atoms with Crippen LogP contribution in [0.3, 0.4) is 0 Å². The Hall–Kier alpha value is -4.63. The van der Waals surface area contributed by atoms with E-state index in [0.29, 0.717) is 16.9 Å². The summed E-state index contributed by atoms with van der Waals surface area (Å²) in [4.78, 5) is 12.9. The predicted octanol–water partition coefficient (Wildman–Crippen LogP) is 8.65.